The number of carbonyl (C=O) groups excluding carboxylic acids is 2. The molecule has 0 unspecified atom stereocenters. The van der Waals surface area contributed by atoms with Crippen molar-refractivity contribution in [3.63, 3.8) is 0 Å². The molecule has 1 aromatic carbocycles. The number of hydrazone groups is 1. The van der Waals surface area contributed by atoms with Crippen LogP contribution in [0.1, 0.15) is 50.4 Å². The minimum atomic E-state index is -0.0366. The van der Waals surface area contributed by atoms with Gasteiger partial charge in [-0.25, -0.2) is 0 Å². The van der Waals surface area contributed by atoms with Crippen LogP contribution in [-0.2, 0) is 4.79 Å². The Balaban J connectivity index is 1.62. The fourth-order valence-electron chi connectivity index (χ4n) is 3.37. The standard InChI is InChI=1S/C20H28N4O2/c1-14(2)19(25)21-17-5-4-11-23(13-17)20(26)16-6-8-18(9-7-16)24-12-10-15(3)22-24/h6-9,14,17H,4-5,10-13H2,1-3H3,(H,21,25)/t17-/m0/s1. The maximum absolute atomic E-state index is 12.8. The third kappa shape index (κ3) is 4.23. The molecule has 0 spiro atoms. The van der Waals surface area contributed by atoms with Crippen LogP contribution in [0.4, 0.5) is 5.69 Å². The Morgan fingerprint density at radius 1 is 1.19 bits per heavy atom. The summed E-state index contributed by atoms with van der Waals surface area (Å²) in [5, 5.41) is 9.51. The molecule has 2 heterocycles. The fourth-order valence-corrected chi connectivity index (χ4v) is 3.37. The maximum atomic E-state index is 12.8. The van der Waals surface area contributed by atoms with Gasteiger partial charge in [-0.1, -0.05) is 13.8 Å². The van der Waals surface area contributed by atoms with Crippen molar-refractivity contribution in [3.05, 3.63) is 29.8 Å². The van der Waals surface area contributed by atoms with Crippen LogP contribution in [0.3, 0.4) is 0 Å². The van der Waals surface area contributed by atoms with Gasteiger partial charge in [0, 0.05) is 49.3 Å². The van der Waals surface area contributed by atoms with Gasteiger partial charge in [-0.15, -0.1) is 0 Å². The molecule has 0 aliphatic carbocycles. The van der Waals surface area contributed by atoms with Gasteiger partial charge >= 0.3 is 0 Å². The van der Waals surface area contributed by atoms with E-state index in [0.29, 0.717) is 12.1 Å². The van der Waals surface area contributed by atoms with E-state index >= 15 is 0 Å². The van der Waals surface area contributed by atoms with Gasteiger partial charge in [0.1, 0.15) is 0 Å². The average Bonchev–Trinajstić information content (AvgIpc) is 3.08. The highest BCUT2D eigenvalue weighted by molar-refractivity contribution is 5.95. The number of nitrogens with one attached hydrogen (secondary N) is 1. The van der Waals surface area contributed by atoms with Crippen molar-refractivity contribution in [3.8, 4) is 0 Å². The second-order valence-electron chi connectivity index (χ2n) is 7.51. The number of nitrogens with zero attached hydrogens (tertiary/aromatic N) is 3. The molecule has 3 rings (SSSR count). The number of amides is 2. The normalized spacial score (nSPS) is 20.3. The number of likely N-dealkylation sites (tertiary alicyclic amines) is 1. The Morgan fingerprint density at radius 2 is 1.92 bits per heavy atom. The zero-order valence-electron chi connectivity index (χ0n) is 15.9. The second-order valence-corrected chi connectivity index (χ2v) is 7.51. The first-order valence-corrected chi connectivity index (χ1v) is 9.45. The summed E-state index contributed by atoms with van der Waals surface area (Å²) < 4.78 is 0. The summed E-state index contributed by atoms with van der Waals surface area (Å²) in [7, 11) is 0. The second kappa shape index (κ2) is 7.89. The third-order valence-electron chi connectivity index (χ3n) is 4.97. The average molecular weight is 356 g/mol. The van der Waals surface area contributed by atoms with Crippen LogP contribution in [-0.4, -0.2) is 48.1 Å². The fraction of sp³-hybridized carbons (Fsp3) is 0.550. The first-order valence-electron chi connectivity index (χ1n) is 9.45. The summed E-state index contributed by atoms with van der Waals surface area (Å²) in [6.07, 6.45) is 2.82. The molecule has 140 valence electrons. The predicted octanol–water partition coefficient (Wildman–Crippen LogP) is 2.65. The molecular weight excluding hydrogens is 328 g/mol. The molecule has 1 aromatic rings. The largest absolute Gasteiger partial charge is 0.351 e. The zero-order valence-corrected chi connectivity index (χ0v) is 15.9. The van der Waals surface area contributed by atoms with Crippen molar-refractivity contribution >= 4 is 23.2 Å². The van der Waals surface area contributed by atoms with E-state index in [1.54, 1.807) is 0 Å². The molecule has 6 heteroatoms. The molecule has 1 atom stereocenters. The Bertz CT molecular complexity index is 696. The highest BCUT2D eigenvalue weighted by Crippen LogP contribution is 2.21. The van der Waals surface area contributed by atoms with Crippen LogP contribution >= 0.6 is 0 Å². The van der Waals surface area contributed by atoms with E-state index in [9.17, 15) is 9.59 Å². The van der Waals surface area contributed by atoms with Crippen LogP contribution in [0.25, 0.3) is 0 Å². The van der Waals surface area contributed by atoms with Gasteiger partial charge in [-0.2, -0.15) is 5.10 Å². The Kier molecular flexibility index (Phi) is 5.59. The van der Waals surface area contributed by atoms with Gasteiger partial charge in [0.15, 0.2) is 0 Å². The van der Waals surface area contributed by atoms with Gasteiger partial charge in [-0.05, 0) is 44.0 Å². The van der Waals surface area contributed by atoms with Crippen molar-refractivity contribution in [1.29, 1.82) is 0 Å². The minimum absolute atomic E-state index is 0.0288. The molecule has 6 nitrogen and oxygen atoms in total. The van der Waals surface area contributed by atoms with Crippen LogP contribution in [0.15, 0.2) is 29.4 Å². The van der Waals surface area contributed by atoms with Gasteiger partial charge < -0.3 is 10.2 Å². The number of hydrogen-bond donors (Lipinski definition) is 1. The Labute approximate surface area is 155 Å². The highest BCUT2D eigenvalue weighted by Gasteiger charge is 2.26. The number of rotatable bonds is 4. The van der Waals surface area contributed by atoms with Crippen LogP contribution in [0.5, 0.6) is 0 Å². The van der Waals surface area contributed by atoms with E-state index in [1.807, 2.05) is 54.9 Å². The lowest BCUT2D eigenvalue weighted by Crippen LogP contribution is -2.50. The molecule has 26 heavy (non-hydrogen) atoms. The molecule has 2 amide bonds. The van der Waals surface area contributed by atoms with Crippen molar-refractivity contribution in [2.45, 2.75) is 46.1 Å². The third-order valence-corrected chi connectivity index (χ3v) is 4.97. The number of benzene rings is 1. The quantitative estimate of drug-likeness (QED) is 0.902. The lowest BCUT2D eigenvalue weighted by Gasteiger charge is -2.33. The molecular formula is C20H28N4O2. The Morgan fingerprint density at radius 3 is 2.54 bits per heavy atom. The summed E-state index contributed by atoms with van der Waals surface area (Å²) in [5.74, 6) is 0.0433. The van der Waals surface area contributed by atoms with E-state index < -0.39 is 0 Å². The van der Waals surface area contributed by atoms with Crippen molar-refractivity contribution in [1.82, 2.24) is 10.2 Å². The molecule has 0 aromatic heterocycles. The van der Waals surface area contributed by atoms with Gasteiger partial charge in [0.2, 0.25) is 5.91 Å². The Hall–Kier alpha value is -2.37. The molecule has 0 radical (unpaired) electrons. The van der Waals surface area contributed by atoms with E-state index in [-0.39, 0.29) is 23.8 Å². The highest BCUT2D eigenvalue weighted by atomic mass is 16.2. The van der Waals surface area contributed by atoms with Gasteiger partial charge in [0.05, 0.1) is 5.69 Å². The molecule has 1 N–H and O–H groups in total. The van der Waals surface area contributed by atoms with Crippen molar-refractivity contribution < 1.29 is 9.59 Å². The first-order chi connectivity index (χ1) is 12.4. The maximum Gasteiger partial charge on any atom is 0.253 e. The van der Waals surface area contributed by atoms with E-state index in [2.05, 4.69) is 10.4 Å². The lowest BCUT2D eigenvalue weighted by molar-refractivity contribution is -0.125. The van der Waals surface area contributed by atoms with Crippen LogP contribution < -0.4 is 10.3 Å². The number of carbonyl (C=O) groups is 2. The summed E-state index contributed by atoms with van der Waals surface area (Å²) >= 11 is 0. The lowest BCUT2D eigenvalue weighted by atomic mass is 10.0. The number of hydrogen-bond acceptors (Lipinski definition) is 4. The first kappa shape index (κ1) is 18.4. The van der Waals surface area contributed by atoms with E-state index in [0.717, 1.165) is 43.8 Å². The van der Waals surface area contributed by atoms with E-state index in [4.69, 9.17) is 0 Å². The molecule has 0 bridgehead atoms. The smallest absolute Gasteiger partial charge is 0.253 e. The van der Waals surface area contributed by atoms with Crippen LogP contribution in [0.2, 0.25) is 0 Å². The molecule has 0 saturated carbocycles. The zero-order chi connectivity index (χ0) is 18.7. The molecule has 2 aliphatic rings. The molecule has 1 fully saturated rings. The summed E-state index contributed by atoms with van der Waals surface area (Å²) in [4.78, 5) is 26.6. The van der Waals surface area contributed by atoms with Gasteiger partial charge in [-0.3, -0.25) is 14.6 Å². The summed E-state index contributed by atoms with van der Waals surface area (Å²) in [5.41, 5.74) is 2.83. The minimum Gasteiger partial charge on any atom is -0.351 e. The topological polar surface area (TPSA) is 65.0 Å². The van der Waals surface area contributed by atoms with Gasteiger partial charge in [0.25, 0.3) is 5.91 Å². The molecule has 2 aliphatic heterocycles. The number of anilines is 1. The van der Waals surface area contributed by atoms with E-state index in [1.165, 1.54) is 0 Å². The van der Waals surface area contributed by atoms with Crippen molar-refractivity contribution in [2.24, 2.45) is 11.0 Å². The summed E-state index contributed by atoms with van der Waals surface area (Å²) in [6.45, 7) is 8.01. The predicted molar refractivity (Wildman–Crippen MR) is 103 cm³/mol. The number of piperidine rings is 1. The van der Waals surface area contributed by atoms with Crippen molar-refractivity contribution in [2.75, 3.05) is 24.6 Å². The summed E-state index contributed by atoms with van der Waals surface area (Å²) in [6, 6.07) is 7.70. The molecule has 1 saturated heterocycles. The monoisotopic (exact) mass is 356 g/mol. The van der Waals surface area contributed by atoms with Crippen LogP contribution in [0, 0.1) is 5.92 Å². The SMILES string of the molecule is CC1=NN(c2ccc(C(=O)N3CCC[C@H](NC(=O)C(C)C)C3)cc2)CC1.